The maximum Gasteiger partial charge on any atom is 1.00 e. The summed E-state index contributed by atoms with van der Waals surface area (Å²) in [6.07, 6.45) is 14.0. The first kappa shape index (κ1) is 29.9. The molecule has 0 aromatic rings. The van der Waals surface area contributed by atoms with E-state index in [-0.39, 0.29) is 71.6 Å². The third-order valence-electron chi connectivity index (χ3n) is 3.90. The molecule has 0 bridgehead atoms. The van der Waals surface area contributed by atoms with Crippen LogP contribution in [0.5, 0.6) is 0 Å². The van der Waals surface area contributed by atoms with E-state index in [9.17, 15) is 14.4 Å². The number of phosphoric ester groups is 1. The standard InChI is InChI=1S/C16H35O4P.2Na/c1-3-5-7-9-10-12-14-16(13-11-8-6-4-2)15-20-21(17,18)19;;/h16H,3-15H2,1-2H3,(H2,17,18,19);;/q;2*+1/p-2. The number of phosphoric acid groups is 1. The summed E-state index contributed by atoms with van der Waals surface area (Å²) in [7, 11) is -4.82. The molecule has 0 fully saturated rings. The summed E-state index contributed by atoms with van der Waals surface area (Å²) in [6.45, 7) is 4.45. The van der Waals surface area contributed by atoms with Gasteiger partial charge in [-0.15, -0.1) is 0 Å². The summed E-state index contributed by atoms with van der Waals surface area (Å²) in [5.74, 6) is 0.212. The maximum atomic E-state index is 10.6. The van der Waals surface area contributed by atoms with Gasteiger partial charge in [-0.2, -0.15) is 0 Å². The summed E-state index contributed by atoms with van der Waals surface area (Å²) >= 11 is 0. The minimum Gasteiger partial charge on any atom is -0.790 e. The minimum absolute atomic E-state index is 0. The summed E-state index contributed by atoms with van der Waals surface area (Å²) in [4.78, 5) is 21.2. The number of hydrogen-bond donors (Lipinski definition) is 0. The van der Waals surface area contributed by atoms with E-state index in [1.807, 2.05) is 0 Å². The van der Waals surface area contributed by atoms with E-state index in [0.717, 1.165) is 25.7 Å². The molecule has 0 aliphatic rings. The number of unbranched alkanes of at least 4 members (excludes halogenated alkanes) is 8. The molecule has 1 atom stereocenters. The first-order valence-electron chi connectivity index (χ1n) is 8.66. The van der Waals surface area contributed by atoms with E-state index in [2.05, 4.69) is 18.4 Å². The van der Waals surface area contributed by atoms with Crippen molar-refractivity contribution in [3.63, 3.8) is 0 Å². The molecule has 0 saturated heterocycles. The van der Waals surface area contributed by atoms with Crippen LogP contribution in [-0.4, -0.2) is 6.61 Å². The average molecular weight is 366 g/mol. The summed E-state index contributed by atoms with van der Waals surface area (Å²) < 4.78 is 15.1. The Morgan fingerprint density at radius 2 is 1.17 bits per heavy atom. The maximum absolute atomic E-state index is 10.6. The molecule has 0 amide bonds. The zero-order chi connectivity index (χ0) is 16.0. The molecule has 0 radical (unpaired) electrons. The Morgan fingerprint density at radius 1 is 0.783 bits per heavy atom. The largest absolute Gasteiger partial charge is 1.00 e. The molecule has 4 nitrogen and oxygen atoms in total. The second kappa shape index (κ2) is 20.4. The molecule has 0 heterocycles. The smallest absolute Gasteiger partial charge is 0.790 e. The van der Waals surface area contributed by atoms with Crippen molar-refractivity contribution >= 4 is 7.82 Å². The summed E-state index contributed by atoms with van der Waals surface area (Å²) in [6, 6.07) is 0. The zero-order valence-corrected chi connectivity index (χ0v) is 20.7. The quantitative estimate of drug-likeness (QED) is 0.194. The van der Waals surface area contributed by atoms with E-state index in [4.69, 9.17) is 0 Å². The molecule has 0 N–H and O–H groups in total. The second-order valence-corrected chi connectivity index (χ2v) is 7.17. The van der Waals surface area contributed by atoms with Crippen molar-refractivity contribution in [3.8, 4) is 0 Å². The predicted octanol–water partition coefficient (Wildman–Crippen LogP) is -1.82. The van der Waals surface area contributed by atoms with Gasteiger partial charge < -0.3 is 18.9 Å². The van der Waals surface area contributed by atoms with Crippen LogP contribution in [0.25, 0.3) is 0 Å². The first-order valence-corrected chi connectivity index (χ1v) is 10.1. The Labute approximate surface area is 187 Å². The second-order valence-electron chi connectivity index (χ2n) is 6.01. The monoisotopic (exact) mass is 366 g/mol. The third-order valence-corrected chi connectivity index (χ3v) is 4.37. The average Bonchev–Trinajstić information content (AvgIpc) is 2.42. The van der Waals surface area contributed by atoms with Crippen LogP contribution in [0.4, 0.5) is 0 Å². The Hall–Kier alpha value is 2.11. The van der Waals surface area contributed by atoms with Crippen LogP contribution in [0.3, 0.4) is 0 Å². The summed E-state index contributed by atoms with van der Waals surface area (Å²) in [5, 5.41) is 0. The minimum atomic E-state index is -4.82. The molecular weight excluding hydrogens is 333 g/mol. The molecule has 0 aromatic heterocycles. The fraction of sp³-hybridized carbons (Fsp3) is 1.00. The molecule has 1 unspecified atom stereocenters. The van der Waals surface area contributed by atoms with Crippen molar-refractivity contribution in [3.05, 3.63) is 0 Å². The van der Waals surface area contributed by atoms with Crippen LogP contribution in [0.15, 0.2) is 0 Å². The fourth-order valence-electron chi connectivity index (χ4n) is 2.58. The molecule has 0 aliphatic heterocycles. The number of rotatable bonds is 15. The van der Waals surface area contributed by atoms with Crippen LogP contribution in [0, 0.1) is 5.92 Å². The van der Waals surface area contributed by atoms with Gasteiger partial charge in [0.05, 0.1) is 14.4 Å². The van der Waals surface area contributed by atoms with E-state index >= 15 is 0 Å². The summed E-state index contributed by atoms with van der Waals surface area (Å²) in [5.41, 5.74) is 0. The van der Waals surface area contributed by atoms with Gasteiger partial charge in [-0.25, -0.2) is 0 Å². The molecule has 0 aromatic carbocycles. The molecule has 7 heteroatoms. The van der Waals surface area contributed by atoms with Crippen molar-refractivity contribution in [2.75, 3.05) is 6.61 Å². The fourth-order valence-corrected chi connectivity index (χ4v) is 2.97. The normalized spacial score (nSPS) is 12.3. The Bertz CT molecular complexity index is 275. The van der Waals surface area contributed by atoms with E-state index < -0.39 is 7.82 Å². The molecule has 0 saturated carbocycles. The Morgan fingerprint density at radius 3 is 1.61 bits per heavy atom. The van der Waals surface area contributed by atoms with E-state index in [1.165, 1.54) is 51.4 Å². The van der Waals surface area contributed by atoms with Crippen molar-refractivity contribution < 1.29 is 78.0 Å². The first-order chi connectivity index (χ1) is 9.99. The zero-order valence-electron chi connectivity index (χ0n) is 15.8. The predicted molar refractivity (Wildman–Crippen MR) is 83.8 cm³/mol. The molecule has 128 valence electrons. The molecule has 0 spiro atoms. The molecular formula is C16H33Na2O4P. The molecule has 23 heavy (non-hydrogen) atoms. The van der Waals surface area contributed by atoms with Gasteiger partial charge in [0.1, 0.15) is 0 Å². The van der Waals surface area contributed by atoms with Crippen LogP contribution in [-0.2, 0) is 9.09 Å². The van der Waals surface area contributed by atoms with Gasteiger partial charge in [0, 0.05) is 0 Å². The van der Waals surface area contributed by atoms with Gasteiger partial charge in [0.15, 0.2) is 0 Å². The topological polar surface area (TPSA) is 72.4 Å². The molecule has 0 rings (SSSR count). The van der Waals surface area contributed by atoms with Gasteiger partial charge in [-0.05, 0) is 18.8 Å². The van der Waals surface area contributed by atoms with Gasteiger partial charge >= 0.3 is 59.1 Å². The van der Waals surface area contributed by atoms with Crippen molar-refractivity contribution in [1.82, 2.24) is 0 Å². The molecule has 0 aliphatic carbocycles. The SMILES string of the molecule is CCCCCCCCC(CCCCCC)COP(=O)([O-])[O-].[Na+].[Na+]. The third kappa shape index (κ3) is 24.1. The van der Waals surface area contributed by atoms with Crippen LogP contribution in [0.1, 0.15) is 90.9 Å². The van der Waals surface area contributed by atoms with Gasteiger partial charge in [0.25, 0.3) is 0 Å². The van der Waals surface area contributed by atoms with Crippen LogP contribution >= 0.6 is 7.82 Å². The van der Waals surface area contributed by atoms with Crippen molar-refractivity contribution in [1.29, 1.82) is 0 Å². The Kier molecular flexibility index (Phi) is 26.5. The van der Waals surface area contributed by atoms with E-state index in [1.54, 1.807) is 0 Å². The van der Waals surface area contributed by atoms with Crippen molar-refractivity contribution in [2.24, 2.45) is 5.92 Å². The number of hydrogen-bond acceptors (Lipinski definition) is 4. The van der Waals surface area contributed by atoms with Gasteiger partial charge in [0.2, 0.25) is 0 Å². The van der Waals surface area contributed by atoms with Gasteiger partial charge in [-0.1, -0.05) is 78.1 Å². The van der Waals surface area contributed by atoms with Crippen molar-refractivity contribution in [2.45, 2.75) is 90.9 Å². The Balaban J connectivity index is -0.00000200. The van der Waals surface area contributed by atoms with E-state index in [0.29, 0.717) is 0 Å². The van der Waals surface area contributed by atoms with Gasteiger partial charge in [-0.3, -0.25) is 0 Å². The van der Waals surface area contributed by atoms with Crippen LogP contribution < -0.4 is 68.9 Å². The van der Waals surface area contributed by atoms with Crippen LogP contribution in [0.2, 0.25) is 0 Å².